The van der Waals surface area contributed by atoms with E-state index < -0.39 is 12.2 Å². The van der Waals surface area contributed by atoms with Crippen LogP contribution in [0, 0.1) is 17.2 Å². The summed E-state index contributed by atoms with van der Waals surface area (Å²) in [6.45, 7) is 0. The van der Waals surface area contributed by atoms with Crippen molar-refractivity contribution in [2.24, 2.45) is 5.92 Å². The van der Waals surface area contributed by atoms with Gasteiger partial charge in [-0.1, -0.05) is 24.3 Å². The van der Waals surface area contributed by atoms with Gasteiger partial charge in [0.25, 0.3) is 0 Å². The summed E-state index contributed by atoms with van der Waals surface area (Å²) in [5.41, 5.74) is 1.00. The van der Waals surface area contributed by atoms with Crippen molar-refractivity contribution in [3.8, 4) is 11.8 Å². The first kappa shape index (κ1) is 18.1. The van der Waals surface area contributed by atoms with Crippen molar-refractivity contribution < 1.29 is 22.3 Å². The molecule has 0 saturated heterocycles. The van der Waals surface area contributed by atoms with E-state index in [-0.39, 0.29) is 5.75 Å². The Bertz CT molecular complexity index is 632. The Balaban J connectivity index is 1.87. The summed E-state index contributed by atoms with van der Waals surface area (Å²) in [7, 11) is 0. The molecule has 0 heterocycles. The number of allylic oxidation sites excluding steroid dienone is 4. The van der Waals surface area contributed by atoms with Crippen molar-refractivity contribution in [1.82, 2.24) is 0 Å². The van der Waals surface area contributed by atoms with E-state index in [0.29, 0.717) is 11.8 Å². The fourth-order valence-electron chi connectivity index (χ4n) is 2.92. The molecule has 1 aromatic carbocycles. The Hall–Kier alpha value is -2.29. The number of nitriles is 1. The number of benzene rings is 1. The average molecular weight is 339 g/mol. The lowest BCUT2D eigenvalue weighted by atomic mass is 9.78. The van der Waals surface area contributed by atoms with E-state index in [9.17, 15) is 17.6 Å². The second-order valence-electron chi connectivity index (χ2n) is 5.74. The van der Waals surface area contributed by atoms with Crippen LogP contribution in [0.25, 0.3) is 0 Å². The molecule has 0 unspecified atom stereocenters. The fourth-order valence-corrected chi connectivity index (χ4v) is 2.92. The van der Waals surface area contributed by atoms with Crippen molar-refractivity contribution in [2.75, 3.05) is 0 Å². The first-order valence-electron chi connectivity index (χ1n) is 7.67. The van der Waals surface area contributed by atoms with Crippen LogP contribution in [-0.4, -0.2) is 6.36 Å². The summed E-state index contributed by atoms with van der Waals surface area (Å²) >= 11 is 0. The maximum Gasteiger partial charge on any atom is 0.573 e. The normalized spacial score (nSPS) is 22.4. The number of halogens is 4. The van der Waals surface area contributed by atoms with Crippen molar-refractivity contribution >= 4 is 0 Å². The Kier molecular flexibility index (Phi) is 6.02. The van der Waals surface area contributed by atoms with Crippen LogP contribution in [0.3, 0.4) is 0 Å². The average Bonchev–Trinajstić information content (AvgIpc) is 2.54. The molecular weight excluding hydrogens is 322 g/mol. The summed E-state index contributed by atoms with van der Waals surface area (Å²) in [5.74, 6) is -0.395. The van der Waals surface area contributed by atoms with Gasteiger partial charge in [-0.25, -0.2) is 0 Å². The number of rotatable bonds is 4. The zero-order chi connectivity index (χ0) is 17.6. The number of alkyl halides is 3. The maximum atomic E-state index is 12.7. The third kappa shape index (κ3) is 5.73. The molecule has 0 amide bonds. The third-order valence-electron chi connectivity index (χ3n) is 4.09. The van der Waals surface area contributed by atoms with E-state index in [1.165, 1.54) is 18.2 Å². The highest BCUT2D eigenvalue weighted by Gasteiger charge is 2.31. The summed E-state index contributed by atoms with van der Waals surface area (Å²) < 4.78 is 53.0. The van der Waals surface area contributed by atoms with Gasteiger partial charge in [0.2, 0.25) is 0 Å². The Labute approximate surface area is 138 Å². The third-order valence-corrected chi connectivity index (χ3v) is 4.09. The van der Waals surface area contributed by atoms with Gasteiger partial charge in [0.05, 0.1) is 0 Å². The van der Waals surface area contributed by atoms with E-state index in [4.69, 9.17) is 5.26 Å². The molecule has 0 N–H and O–H groups in total. The number of hydrogen-bond acceptors (Lipinski definition) is 2. The molecule has 1 fully saturated rings. The minimum atomic E-state index is -4.68. The van der Waals surface area contributed by atoms with Crippen molar-refractivity contribution in [3.63, 3.8) is 0 Å². The molecule has 1 aliphatic carbocycles. The predicted molar refractivity (Wildman–Crippen MR) is 81.8 cm³/mol. The topological polar surface area (TPSA) is 33.0 Å². The second-order valence-corrected chi connectivity index (χ2v) is 5.74. The van der Waals surface area contributed by atoms with Crippen LogP contribution < -0.4 is 4.74 Å². The molecule has 24 heavy (non-hydrogen) atoms. The molecule has 0 radical (unpaired) electrons. The largest absolute Gasteiger partial charge is 0.573 e. The first-order valence-corrected chi connectivity index (χ1v) is 7.67. The second kappa shape index (κ2) is 8.00. The first-order chi connectivity index (χ1) is 11.4. The van der Waals surface area contributed by atoms with Crippen LogP contribution >= 0.6 is 0 Å². The van der Waals surface area contributed by atoms with Crippen LogP contribution in [0.5, 0.6) is 5.75 Å². The van der Waals surface area contributed by atoms with Crippen LogP contribution in [-0.2, 0) is 0 Å². The molecule has 1 saturated carbocycles. The predicted octanol–water partition coefficient (Wildman–Crippen LogP) is 5.79. The molecule has 0 bridgehead atoms. The monoisotopic (exact) mass is 339 g/mol. The Morgan fingerprint density at radius 3 is 2.29 bits per heavy atom. The number of nitrogens with zero attached hydrogens (tertiary/aromatic N) is 1. The van der Waals surface area contributed by atoms with Crippen molar-refractivity contribution in [3.05, 3.63) is 53.9 Å². The van der Waals surface area contributed by atoms with E-state index in [1.54, 1.807) is 18.2 Å². The van der Waals surface area contributed by atoms with Gasteiger partial charge in [-0.2, -0.15) is 9.65 Å². The van der Waals surface area contributed by atoms with Crippen molar-refractivity contribution in [1.29, 1.82) is 5.26 Å². The Morgan fingerprint density at radius 2 is 1.75 bits per heavy atom. The standard InChI is InChI=1S/C18H17F4NO/c19-16(12-23)3-1-2-13-4-6-14(7-5-13)15-8-10-17(11-9-15)24-18(20,21)22/h1-3,8-11,13-14H,4-7H2. The molecule has 1 aromatic rings. The molecule has 2 nitrogen and oxygen atoms in total. The summed E-state index contributed by atoms with van der Waals surface area (Å²) in [5, 5.41) is 8.32. The molecule has 1 aliphatic rings. The van der Waals surface area contributed by atoms with Gasteiger partial charge in [-0.3, -0.25) is 0 Å². The van der Waals surface area contributed by atoms with Crippen molar-refractivity contribution in [2.45, 2.75) is 38.0 Å². The smallest absolute Gasteiger partial charge is 0.406 e. The highest BCUT2D eigenvalue weighted by atomic mass is 19.4. The number of ether oxygens (including phenoxy) is 1. The lowest BCUT2D eigenvalue weighted by molar-refractivity contribution is -0.274. The molecule has 0 aliphatic heterocycles. The lowest BCUT2D eigenvalue weighted by Gasteiger charge is -2.27. The van der Waals surface area contributed by atoms with Crippen LogP contribution in [0.1, 0.15) is 37.2 Å². The minimum absolute atomic E-state index is 0.214. The van der Waals surface area contributed by atoms with Gasteiger partial charge < -0.3 is 4.74 Å². The van der Waals surface area contributed by atoms with Gasteiger partial charge in [0.15, 0.2) is 5.83 Å². The van der Waals surface area contributed by atoms with Crippen LogP contribution in [0.15, 0.2) is 48.3 Å². The van der Waals surface area contributed by atoms with Gasteiger partial charge in [-0.15, -0.1) is 13.2 Å². The van der Waals surface area contributed by atoms with Gasteiger partial charge in [-0.05, 0) is 61.3 Å². The highest BCUT2D eigenvalue weighted by molar-refractivity contribution is 5.30. The SMILES string of the molecule is N#CC(F)=CC=CC1CCC(c2ccc(OC(F)(F)F)cc2)CC1. The van der Waals surface area contributed by atoms with Crippen LogP contribution in [0.2, 0.25) is 0 Å². The minimum Gasteiger partial charge on any atom is -0.406 e. The lowest BCUT2D eigenvalue weighted by Crippen LogP contribution is -2.17. The summed E-state index contributed by atoms with van der Waals surface area (Å²) in [4.78, 5) is 0. The maximum absolute atomic E-state index is 12.7. The van der Waals surface area contributed by atoms with E-state index in [0.717, 1.165) is 37.3 Å². The molecule has 128 valence electrons. The summed E-state index contributed by atoms with van der Waals surface area (Å²) in [6, 6.07) is 7.43. The Morgan fingerprint density at radius 1 is 1.12 bits per heavy atom. The fraction of sp³-hybridized carbons (Fsp3) is 0.389. The van der Waals surface area contributed by atoms with Crippen LogP contribution in [0.4, 0.5) is 17.6 Å². The zero-order valence-electron chi connectivity index (χ0n) is 12.9. The van der Waals surface area contributed by atoms with E-state index in [1.807, 2.05) is 6.08 Å². The quantitative estimate of drug-likeness (QED) is 0.395. The molecule has 0 aromatic heterocycles. The van der Waals surface area contributed by atoms with E-state index in [2.05, 4.69) is 4.74 Å². The van der Waals surface area contributed by atoms with Gasteiger partial charge >= 0.3 is 6.36 Å². The highest BCUT2D eigenvalue weighted by Crippen LogP contribution is 2.37. The number of hydrogen-bond donors (Lipinski definition) is 0. The molecule has 2 rings (SSSR count). The van der Waals surface area contributed by atoms with Gasteiger partial charge in [0, 0.05) is 0 Å². The van der Waals surface area contributed by atoms with E-state index >= 15 is 0 Å². The molecule has 0 atom stereocenters. The molecule has 6 heteroatoms. The van der Waals surface area contributed by atoms with Gasteiger partial charge in [0.1, 0.15) is 11.8 Å². The zero-order valence-corrected chi connectivity index (χ0v) is 12.9. The molecular formula is C18H17F4NO. The summed E-state index contributed by atoms with van der Waals surface area (Å²) in [6.07, 6.45) is 3.60. The molecule has 0 spiro atoms.